The van der Waals surface area contributed by atoms with Crippen molar-refractivity contribution in [2.45, 2.75) is 91.8 Å². The van der Waals surface area contributed by atoms with Crippen LogP contribution in [0.25, 0.3) is 0 Å². The lowest BCUT2D eigenvalue weighted by Crippen LogP contribution is -2.47. The molecule has 0 saturated carbocycles. The van der Waals surface area contributed by atoms with Crippen molar-refractivity contribution in [3.8, 4) is 0 Å². The molecule has 0 rings (SSSR count). The van der Waals surface area contributed by atoms with Crippen molar-refractivity contribution < 1.29 is 52.1 Å². The van der Waals surface area contributed by atoms with Gasteiger partial charge in [-0.3, -0.25) is 19.5 Å². The third kappa shape index (κ3) is 12.9. The molecule has 0 aliphatic rings. The van der Waals surface area contributed by atoms with Crippen molar-refractivity contribution in [3.05, 3.63) is 0 Å². The molecule has 0 aliphatic carbocycles. The Morgan fingerprint density at radius 2 is 1.28 bits per heavy atom. The van der Waals surface area contributed by atoms with Gasteiger partial charge in [0.25, 0.3) is 0 Å². The zero-order valence-electron chi connectivity index (χ0n) is 21.8. The number of ether oxygens (including phenoxy) is 4. The van der Waals surface area contributed by atoms with Gasteiger partial charge in [-0.15, -0.1) is 0 Å². The Morgan fingerprint density at radius 3 is 1.61 bits per heavy atom. The van der Waals surface area contributed by atoms with Crippen molar-refractivity contribution in [2.75, 3.05) is 20.3 Å². The van der Waals surface area contributed by atoms with Crippen LogP contribution in [0.5, 0.6) is 0 Å². The van der Waals surface area contributed by atoms with E-state index in [2.05, 4.69) is 5.09 Å². The van der Waals surface area contributed by atoms with E-state index >= 15 is 0 Å². The van der Waals surface area contributed by atoms with Crippen molar-refractivity contribution in [3.63, 3.8) is 0 Å². The van der Waals surface area contributed by atoms with E-state index in [0.717, 1.165) is 4.90 Å². The monoisotopic (exact) mass is 541 g/mol. The molecule has 0 amide bonds. The van der Waals surface area contributed by atoms with E-state index in [0.29, 0.717) is 19.3 Å². The fraction of sp³-hybridized carbons (Fsp3) is 0.810. The summed E-state index contributed by atoms with van der Waals surface area (Å²) in [7, 11) is -3.29. The van der Waals surface area contributed by atoms with E-state index in [4.69, 9.17) is 33.4 Å². The van der Waals surface area contributed by atoms with E-state index in [9.17, 15) is 24.1 Å². The fourth-order valence-corrected chi connectivity index (χ4v) is 4.25. The molecule has 0 spiro atoms. The second-order valence-corrected chi connectivity index (χ2v) is 9.10. The Hall–Kier alpha value is -2.57. The van der Waals surface area contributed by atoms with Crippen LogP contribution in [0.3, 0.4) is 0 Å². The quantitative estimate of drug-likeness (QED) is 0.0773. The zero-order chi connectivity index (χ0) is 27.7. The summed E-state index contributed by atoms with van der Waals surface area (Å²) >= 11 is 0. The maximum Gasteiger partial charge on any atom is 0.510 e. The van der Waals surface area contributed by atoms with Crippen molar-refractivity contribution in [1.29, 1.82) is 5.41 Å². The lowest BCUT2D eigenvalue weighted by atomic mass is 10.1. The van der Waals surface area contributed by atoms with Crippen LogP contribution in [0.2, 0.25) is 0 Å². The Kier molecular flexibility index (Phi) is 16.5. The number of nitrogens with zero attached hydrogens (tertiary/aromatic N) is 1. The normalized spacial score (nSPS) is 14.9. The van der Waals surface area contributed by atoms with Crippen LogP contribution in [0.4, 0.5) is 9.59 Å². The van der Waals surface area contributed by atoms with Gasteiger partial charge in [0.1, 0.15) is 6.04 Å². The summed E-state index contributed by atoms with van der Waals surface area (Å²) in [5, 5.41) is 20.1. The van der Waals surface area contributed by atoms with E-state index in [1.165, 1.54) is 7.05 Å². The number of carboxylic acids is 1. The third-order valence-corrected chi connectivity index (χ3v) is 5.96. The highest BCUT2D eigenvalue weighted by atomic mass is 31.2. The fourth-order valence-electron chi connectivity index (χ4n) is 2.76. The van der Waals surface area contributed by atoms with Crippen LogP contribution in [0.15, 0.2) is 0 Å². The number of likely N-dealkylation sites (N-methyl/N-ethyl adjacent to an activating group) is 1. The Morgan fingerprint density at radius 1 is 0.861 bits per heavy atom. The lowest BCUT2D eigenvalue weighted by molar-refractivity contribution is -0.141. The Balaban J connectivity index is 6.02. The summed E-state index contributed by atoms with van der Waals surface area (Å²) in [5.41, 5.74) is 0. The summed E-state index contributed by atoms with van der Waals surface area (Å²) in [6.07, 6.45) is -3.21. The highest BCUT2D eigenvalue weighted by molar-refractivity contribution is 7.52. The molecule has 3 N–H and O–H groups in total. The number of hydrogen-bond donors (Lipinski definition) is 3. The minimum Gasteiger partial charge on any atom is -0.480 e. The molecule has 3 atom stereocenters. The van der Waals surface area contributed by atoms with E-state index in [1.54, 1.807) is 34.6 Å². The number of hydrogen-bond acceptors (Lipinski definition) is 11. The molecule has 0 heterocycles. The highest BCUT2D eigenvalue weighted by Crippen LogP contribution is 2.48. The number of carbonyl (C=O) groups excluding carboxylic acids is 2. The smallest absolute Gasteiger partial charge is 0.480 e. The average Bonchev–Trinajstić information content (AvgIpc) is 2.77. The van der Waals surface area contributed by atoms with Gasteiger partial charge in [0.05, 0.1) is 13.2 Å². The van der Waals surface area contributed by atoms with Gasteiger partial charge < -0.3 is 29.0 Å². The molecule has 0 bridgehead atoms. The molecule has 0 aliphatic heterocycles. The Labute approximate surface area is 212 Å². The summed E-state index contributed by atoms with van der Waals surface area (Å²) in [6.45, 7) is 8.49. The van der Waals surface area contributed by atoms with Gasteiger partial charge in [0, 0.05) is 19.9 Å². The molecule has 0 aromatic rings. The second kappa shape index (κ2) is 17.8. The number of nitrogens with one attached hydrogen (secondary N) is 2. The van der Waals surface area contributed by atoms with Crippen LogP contribution in [-0.4, -0.2) is 73.1 Å². The van der Waals surface area contributed by atoms with Gasteiger partial charge in [-0.1, -0.05) is 40.0 Å². The van der Waals surface area contributed by atoms with Crippen LogP contribution >= 0.6 is 7.75 Å². The third-order valence-electron chi connectivity index (χ3n) is 4.45. The summed E-state index contributed by atoms with van der Waals surface area (Å²) in [6, 6.07) is -1.10. The predicted octanol–water partition coefficient (Wildman–Crippen LogP) is 4.44. The van der Waals surface area contributed by atoms with Crippen LogP contribution in [0.1, 0.15) is 73.1 Å². The maximum absolute atomic E-state index is 13.8. The van der Waals surface area contributed by atoms with Crippen molar-refractivity contribution >= 4 is 32.0 Å². The summed E-state index contributed by atoms with van der Waals surface area (Å²) < 4.78 is 44.4. The molecule has 0 saturated heterocycles. The molecular weight excluding hydrogens is 501 g/mol. The van der Waals surface area contributed by atoms with Gasteiger partial charge in [0.2, 0.25) is 18.5 Å². The number of guanidine groups is 1. The zero-order valence-corrected chi connectivity index (χ0v) is 22.7. The van der Waals surface area contributed by atoms with Crippen molar-refractivity contribution in [1.82, 2.24) is 9.99 Å². The van der Waals surface area contributed by atoms with Gasteiger partial charge in [-0.25, -0.2) is 18.9 Å². The topological polar surface area (TPSA) is 183 Å². The van der Waals surface area contributed by atoms with E-state index < -0.39 is 50.6 Å². The molecule has 36 heavy (non-hydrogen) atoms. The number of aliphatic carboxylic acids is 1. The van der Waals surface area contributed by atoms with Crippen LogP contribution < -0.4 is 5.09 Å². The molecule has 210 valence electrons. The van der Waals surface area contributed by atoms with Gasteiger partial charge in [-0.2, -0.15) is 0 Å². The first-order valence-corrected chi connectivity index (χ1v) is 13.5. The largest absolute Gasteiger partial charge is 0.510 e. The molecule has 0 aromatic heterocycles. The minimum absolute atomic E-state index is 0.0273. The first kappa shape index (κ1) is 33.4. The second-order valence-electron chi connectivity index (χ2n) is 7.46. The van der Waals surface area contributed by atoms with Gasteiger partial charge in [-0.05, 0) is 20.3 Å². The predicted molar refractivity (Wildman–Crippen MR) is 128 cm³/mol. The van der Waals surface area contributed by atoms with Gasteiger partial charge >= 0.3 is 26.0 Å². The van der Waals surface area contributed by atoms with Crippen LogP contribution in [0, 0.1) is 5.41 Å². The Bertz CT molecular complexity index is 717. The molecule has 0 fully saturated rings. The standard InChI is InChI=1S/C21H40N3O11P/c1-7-12-15(18(25)26)24(6)19(22)23-36(29,34-16(13-8-2)32-20(27)30-10-4)35-17(14-9-3)33-21(28)31-11-5/h15-17H,7-14H2,1-6H3,(H,25,26)(H2,22,23,29). The van der Waals surface area contributed by atoms with Crippen LogP contribution in [-0.2, 0) is 37.4 Å². The highest BCUT2D eigenvalue weighted by Gasteiger charge is 2.38. The SMILES string of the molecule is CCCC(OC(=O)OCC)OP(=O)(NC(=N)N(C)C(CCC)C(=O)O)OC(CCC)OC(=O)OCC. The first-order chi connectivity index (χ1) is 17.0. The van der Waals surface area contributed by atoms with Crippen molar-refractivity contribution in [2.24, 2.45) is 0 Å². The molecular formula is C21H40N3O11P. The van der Waals surface area contributed by atoms with Gasteiger partial charge in [0.15, 0.2) is 0 Å². The molecule has 3 unspecified atom stereocenters. The minimum atomic E-state index is -4.61. The number of rotatable bonds is 17. The maximum atomic E-state index is 13.8. The average molecular weight is 542 g/mol. The molecule has 0 radical (unpaired) electrons. The lowest BCUT2D eigenvalue weighted by Gasteiger charge is -2.31. The molecule has 0 aromatic carbocycles. The molecule has 14 nitrogen and oxygen atoms in total. The number of carbonyl (C=O) groups is 3. The summed E-state index contributed by atoms with van der Waals surface area (Å²) in [4.78, 5) is 36.4. The number of carboxylic acid groups (broad SMARTS) is 1. The van der Waals surface area contributed by atoms with E-state index in [-0.39, 0.29) is 32.5 Å². The molecule has 15 heteroatoms. The first-order valence-electron chi connectivity index (χ1n) is 11.9. The summed E-state index contributed by atoms with van der Waals surface area (Å²) in [5.74, 6) is -1.79. The van der Waals surface area contributed by atoms with E-state index in [1.807, 2.05) is 0 Å².